The lowest BCUT2D eigenvalue weighted by Gasteiger charge is -2.34. The number of rotatable bonds is 5. The van der Waals surface area contributed by atoms with Gasteiger partial charge in [-0.2, -0.15) is 5.26 Å². The molecule has 5 rings (SSSR count). The van der Waals surface area contributed by atoms with Crippen molar-refractivity contribution >= 4 is 0 Å². The van der Waals surface area contributed by atoms with Crippen LogP contribution in [-0.4, -0.2) is 14.2 Å². The monoisotopic (exact) mass is 535 g/mol. The van der Waals surface area contributed by atoms with E-state index < -0.39 is 0 Å². The minimum absolute atomic E-state index is 0.00217. The molecule has 0 saturated heterocycles. The average Bonchev–Trinajstić information content (AvgIpc) is 3.25. The molecule has 0 bridgehead atoms. The number of nitriles is 1. The first-order valence-electron chi connectivity index (χ1n) is 14.7. The number of hydrogen-bond acceptors (Lipinski definition) is 3. The summed E-state index contributed by atoms with van der Waals surface area (Å²) in [7, 11) is 3.60. The van der Waals surface area contributed by atoms with Crippen molar-refractivity contribution in [3.8, 4) is 17.6 Å². The fourth-order valence-electron chi connectivity index (χ4n) is 8.19. The van der Waals surface area contributed by atoms with Gasteiger partial charge in [-0.1, -0.05) is 79.7 Å². The summed E-state index contributed by atoms with van der Waals surface area (Å²) in [6.07, 6.45) is 3.09. The molecule has 0 aromatic heterocycles. The molecule has 0 aliphatic heterocycles. The summed E-state index contributed by atoms with van der Waals surface area (Å²) in [6.45, 7) is 18.7. The van der Waals surface area contributed by atoms with Gasteiger partial charge in [0.05, 0.1) is 25.9 Å². The number of ether oxygens (including phenoxy) is 2. The van der Waals surface area contributed by atoms with Crippen molar-refractivity contribution < 1.29 is 9.47 Å². The Morgan fingerprint density at radius 1 is 0.800 bits per heavy atom. The molecule has 2 atom stereocenters. The van der Waals surface area contributed by atoms with Crippen molar-refractivity contribution in [1.29, 1.82) is 5.26 Å². The predicted molar refractivity (Wildman–Crippen MR) is 164 cm³/mol. The summed E-state index contributed by atoms with van der Waals surface area (Å²) in [4.78, 5) is 0. The van der Waals surface area contributed by atoms with Crippen LogP contribution >= 0.6 is 0 Å². The Hall–Kier alpha value is -3.25. The van der Waals surface area contributed by atoms with E-state index in [-0.39, 0.29) is 27.6 Å². The third-order valence-electron chi connectivity index (χ3n) is 9.70. The van der Waals surface area contributed by atoms with Gasteiger partial charge >= 0.3 is 0 Å². The summed E-state index contributed by atoms with van der Waals surface area (Å²) < 4.78 is 12.2. The second kappa shape index (κ2) is 9.41. The minimum atomic E-state index is -0.0886. The first kappa shape index (κ1) is 28.3. The first-order valence-corrected chi connectivity index (χ1v) is 14.7. The van der Waals surface area contributed by atoms with Crippen molar-refractivity contribution in [2.24, 2.45) is 5.41 Å². The zero-order valence-electron chi connectivity index (χ0n) is 26.1. The zero-order valence-corrected chi connectivity index (χ0v) is 26.1. The van der Waals surface area contributed by atoms with Gasteiger partial charge in [0.2, 0.25) is 0 Å². The summed E-state index contributed by atoms with van der Waals surface area (Å²) >= 11 is 0. The molecule has 0 saturated carbocycles. The van der Waals surface area contributed by atoms with Crippen LogP contribution in [0.15, 0.2) is 48.5 Å². The SMILES string of the molecule is CCc1cc2c(cc1OC)C1(CC2(C)C)CC(C)(C)c2cc(C(c3ccc(C#N)cc3)C(C)(C)C)c(OC)cc21. The Balaban J connectivity index is 1.77. The lowest BCUT2D eigenvalue weighted by Crippen LogP contribution is -2.27. The molecule has 3 nitrogen and oxygen atoms in total. The number of hydrogen-bond donors (Lipinski definition) is 0. The van der Waals surface area contributed by atoms with Crippen LogP contribution < -0.4 is 9.47 Å². The molecule has 3 aromatic carbocycles. The number of aryl methyl sites for hydroxylation is 1. The molecule has 2 unspecified atom stereocenters. The van der Waals surface area contributed by atoms with Crippen LogP contribution in [0.3, 0.4) is 0 Å². The predicted octanol–water partition coefficient (Wildman–Crippen LogP) is 8.96. The van der Waals surface area contributed by atoms with Crippen molar-refractivity contribution in [2.75, 3.05) is 14.2 Å². The second-order valence-electron chi connectivity index (χ2n) is 14.4. The van der Waals surface area contributed by atoms with E-state index in [1.54, 1.807) is 14.2 Å². The Morgan fingerprint density at radius 3 is 1.80 bits per heavy atom. The lowest BCUT2D eigenvalue weighted by molar-refractivity contribution is 0.340. The first-order chi connectivity index (χ1) is 18.7. The third kappa shape index (κ3) is 4.23. The van der Waals surface area contributed by atoms with Gasteiger partial charge in [0.25, 0.3) is 0 Å². The quantitative estimate of drug-likeness (QED) is 0.327. The molecule has 3 heteroatoms. The summed E-state index contributed by atoms with van der Waals surface area (Å²) in [5.41, 5.74) is 10.0. The standard InChI is InChI=1S/C37H45NO2/c1-11-24-16-27-29(18-31(24)39-9)37(21-35(27,5)6)22-36(7,8)28-17-26(32(40-10)19-30(28)37)33(34(2,3)4)25-14-12-23(20-38)13-15-25/h12-19,33H,11,21-22H2,1-10H3. The van der Waals surface area contributed by atoms with Crippen LogP contribution in [0.25, 0.3) is 0 Å². The molecule has 1 spiro atoms. The van der Waals surface area contributed by atoms with Gasteiger partial charge in [0.15, 0.2) is 0 Å². The van der Waals surface area contributed by atoms with Gasteiger partial charge in [0, 0.05) is 16.9 Å². The third-order valence-corrected chi connectivity index (χ3v) is 9.70. The van der Waals surface area contributed by atoms with E-state index in [1.807, 2.05) is 12.1 Å². The van der Waals surface area contributed by atoms with Crippen LogP contribution in [0.4, 0.5) is 0 Å². The summed E-state index contributed by atoms with van der Waals surface area (Å²) in [6, 6.07) is 19.9. The highest BCUT2D eigenvalue weighted by atomic mass is 16.5. The van der Waals surface area contributed by atoms with E-state index in [9.17, 15) is 5.26 Å². The highest BCUT2D eigenvalue weighted by Gasteiger charge is 2.57. The molecule has 0 fully saturated rings. The molecule has 0 heterocycles. The molecule has 2 aliphatic rings. The van der Waals surface area contributed by atoms with Gasteiger partial charge in [0.1, 0.15) is 11.5 Å². The fraction of sp³-hybridized carbons (Fsp3) is 0.486. The van der Waals surface area contributed by atoms with Crippen molar-refractivity contribution in [1.82, 2.24) is 0 Å². The van der Waals surface area contributed by atoms with Gasteiger partial charge in [-0.25, -0.2) is 0 Å². The van der Waals surface area contributed by atoms with Gasteiger partial charge in [-0.3, -0.25) is 0 Å². The molecule has 0 N–H and O–H groups in total. The molecular weight excluding hydrogens is 490 g/mol. The molecule has 0 radical (unpaired) electrons. The number of fused-ring (bicyclic) bond motifs is 4. The normalized spacial score (nSPS) is 21.0. The maximum Gasteiger partial charge on any atom is 0.123 e. The highest BCUT2D eigenvalue weighted by Crippen LogP contribution is 2.64. The van der Waals surface area contributed by atoms with Crippen molar-refractivity contribution in [3.63, 3.8) is 0 Å². The smallest absolute Gasteiger partial charge is 0.123 e. The maximum absolute atomic E-state index is 9.38. The molecule has 40 heavy (non-hydrogen) atoms. The van der Waals surface area contributed by atoms with E-state index >= 15 is 0 Å². The van der Waals surface area contributed by atoms with Crippen molar-refractivity contribution in [3.05, 3.63) is 93.0 Å². The van der Waals surface area contributed by atoms with Crippen LogP contribution in [0.2, 0.25) is 0 Å². The minimum Gasteiger partial charge on any atom is -0.496 e. The van der Waals surface area contributed by atoms with Gasteiger partial charge < -0.3 is 9.47 Å². The van der Waals surface area contributed by atoms with Crippen LogP contribution in [0, 0.1) is 16.7 Å². The fourth-order valence-corrected chi connectivity index (χ4v) is 8.19. The Kier molecular flexibility index (Phi) is 6.65. The molecule has 0 amide bonds. The van der Waals surface area contributed by atoms with E-state index in [1.165, 1.54) is 38.9 Å². The van der Waals surface area contributed by atoms with Crippen LogP contribution in [-0.2, 0) is 22.7 Å². The van der Waals surface area contributed by atoms with Crippen LogP contribution in [0.1, 0.15) is 119 Å². The van der Waals surface area contributed by atoms with Crippen molar-refractivity contribution in [2.45, 2.75) is 96.8 Å². The zero-order chi connectivity index (χ0) is 29.3. The number of nitrogens with zero attached hydrogens (tertiary/aromatic N) is 1. The molecular formula is C37H45NO2. The number of methoxy groups -OCH3 is 2. The second-order valence-corrected chi connectivity index (χ2v) is 14.4. The summed E-state index contributed by atoms with van der Waals surface area (Å²) in [5.74, 6) is 2.07. The Labute approximate surface area is 241 Å². The van der Waals surface area contributed by atoms with Gasteiger partial charge in [-0.05, 0) is 93.2 Å². The molecule has 2 aliphatic carbocycles. The van der Waals surface area contributed by atoms with Gasteiger partial charge in [-0.15, -0.1) is 0 Å². The van der Waals surface area contributed by atoms with E-state index in [0.29, 0.717) is 5.56 Å². The topological polar surface area (TPSA) is 42.2 Å². The van der Waals surface area contributed by atoms with E-state index in [4.69, 9.17) is 9.47 Å². The maximum atomic E-state index is 9.38. The van der Waals surface area contributed by atoms with Crippen LogP contribution in [0.5, 0.6) is 11.5 Å². The Bertz CT molecular complexity index is 1500. The Morgan fingerprint density at radius 2 is 1.32 bits per heavy atom. The average molecular weight is 536 g/mol. The number of benzene rings is 3. The molecule has 210 valence electrons. The largest absolute Gasteiger partial charge is 0.496 e. The van der Waals surface area contributed by atoms with E-state index in [2.05, 4.69) is 97.9 Å². The van der Waals surface area contributed by atoms with E-state index in [0.717, 1.165) is 30.8 Å². The summed E-state index contributed by atoms with van der Waals surface area (Å²) in [5, 5.41) is 9.38. The lowest BCUT2D eigenvalue weighted by atomic mass is 9.70. The molecule has 3 aromatic rings. The highest BCUT2D eigenvalue weighted by molar-refractivity contribution is 5.65.